The van der Waals surface area contributed by atoms with Crippen LogP contribution in [0.5, 0.6) is 5.75 Å². The van der Waals surface area contributed by atoms with E-state index >= 15 is 0 Å². The zero-order valence-electron chi connectivity index (χ0n) is 19.3. The van der Waals surface area contributed by atoms with Gasteiger partial charge in [-0.3, -0.25) is 14.9 Å². The number of carbonyl (C=O) groups is 1. The number of furan rings is 1. The third-order valence-electron chi connectivity index (χ3n) is 5.21. The molecule has 0 saturated heterocycles. The van der Waals surface area contributed by atoms with Gasteiger partial charge in [0.25, 0.3) is 11.6 Å². The normalized spacial score (nSPS) is 10.7. The molecule has 4 aromatic rings. The predicted octanol–water partition coefficient (Wildman–Crippen LogP) is 7.04. The number of rotatable bonds is 9. The summed E-state index contributed by atoms with van der Waals surface area (Å²) in [7, 11) is 0. The molecule has 0 aliphatic rings. The first kappa shape index (κ1) is 24.1. The number of nitrogens with zero attached hydrogens (tertiary/aromatic N) is 1. The van der Waals surface area contributed by atoms with Crippen LogP contribution in [0.4, 0.5) is 11.4 Å². The van der Waals surface area contributed by atoms with Crippen molar-refractivity contribution in [2.24, 2.45) is 0 Å². The molecule has 0 aliphatic heterocycles. The summed E-state index contributed by atoms with van der Waals surface area (Å²) in [6, 6.07) is 23.3. The van der Waals surface area contributed by atoms with E-state index < -0.39 is 10.8 Å². The van der Waals surface area contributed by atoms with E-state index in [9.17, 15) is 14.9 Å². The van der Waals surface area contributed by atoms with Crippen LogP contribution in [-0.2, 0) is 13.0 Å². The Hall–Kier alpha value is -4.04. The SMILES string of the molecule is CCc1ccc(OCc2ccc(C(=O)Nc3cc(Sc4ccc(C)cc4)cc([N+](=O)[O-])c3)o2)cc1. The van der Waals surface area contributed by atoms with Crippen LogP contribution in [0.15, 0.2) is 93.1 Å². The monoisotopic (exact) mass is 488 g/mol. The summed E-state index contributed by atoms with van der Waals surface area (Å²) in [5.74, 6) is 0.781. The van der Waals surface area contributed by atoms with E-state index in [0.29, 0.717) is 22.1 Å². The van der Waals surface area contributed by atoms with Gasteiger partial charge in [-0.1, -0.05) is 48.5 Å². The van der Waals surface area contributed by atoms with Crippen molar-refractivity contribution >= 4 is 29.0 Å². The van der Waals surface area contributed by atoms with Gasteiger partial charge in [-0.15, -0.1) is 0 Å². The minimum Gasteiger partial charge on any atom is -0.486 e. The van der Waals surface area contributed by atoms with Crippen LogP contribution in [0.3, 0.4) is 0 Å². The fraction of sp³-hybridized carbons (Fsp3) is 0.148. The van der Waals surface area contributed by atoms with E-state index in [0.717, 1.165) is 16.9 Å². The van der Waals surface area contributed by atoms with Gasteiger partial charge >= 0.3 is 0 Å². The highest BCUT2D eigenvalue weighted by atomic mass is 32.2. The fourth-order valence-electron chi connectivity index (χ4n) is 3.31. The van der Waals surface area contributed by atoms with Gasteiger partial charge in [0, 0.05) is 27.6 Å². The number of nitro benzene ring substituents is 1. The molecule has 35 heavy (non-hydrogen) atoms. The first-order chi connectivity index (χ1) is 16.9. The van der Waals surface area contributed by atoms with Crippen LogP contribution in [-0.4, -0.2) is 10.8 Å². The maximum absolute atomic E-state index is 12.7. The molecule has 0 saturated carbocycles. The van der Waals surface area contributed by atoms with Gasteiger partial charge in [0.1, 0.15) is 18.1 Å². The number of amides is 1. The summed E-state index contributed by atoms with van der Waals surface area (Å²) in [5.41, 5.74) is 2.54. The Morgan fingerprint density at radius 2 is 1.74 bits per heavy atom. The molecular formula is C27H24N2O5S. The molecule has 0 unspecified atom stereocenters. The van der Waals surface area contributed by atoms with E-state index in [2.05, 4.69) is 12.2 Å². The Bertz CT molecular complexity index is 1330. The number of aryl methyl sites for hydroxylation is 2. The molecule has 0 atom stereocenters. The average Bonchev–Trinajstić information content (AvgIpc) is 3.34. The van der Waals surface area contributed by atoms with E-state index in [-0.39, 0.29) is 18.1 Å². The smallest absolute Gasteiger partial charge is 0.291 e. The molecule has 1 N–H and O–H groups in total. The van der Waals surface area contributed by atoms with Crippen molar-refractivity contribution in [2.45, 2.75) is 36.7 Å². The van der Waals surface area contributed by atoms with Gasteiger partial charge in [-0.2, -0.15) is 0 Å². The van der Waals surface area contributed by atoms with Gasteiger partial charge in [0.15, 0.2) is 5.76 Å². The van der Waals surface area contributed by atoms with Gasteiger partial charge in [0.05, 0.1) is 4.92 Å². The van der Waals surface area contributed by atoms with Crippen molar-refractivity contribution in [1.82, 2.24) is 0 Å². The van der Waals surface area contributed by atoms with Crippen molar-refractivity contribution in [3.05, 3.63) is 112 Å². The van der Waals surface area contributed by atoms with Crippen LogP contribution >= 0.6 is 11.8 Å². The Morgan fingerprint density at radius 1 is 1.00 bits per heavy atom. The lowest BCUT2D eigenvalue weighted by Gasteiger charge is -2.08. The van der Waals surface area contributed by atoms with Crippen molar-refractivity contribution in [3.63, 3.8) is 0 Å². The zero-order chi connectivity index (χ0) is 24.8. The summed E-state index contributed by atoms with van der Waals surface area (Å²) in [6.45, 7) is 4.25. The molecule has 8 heteroatoms. The summed E-state index contributed by atoms with van der Waals surface area (Å²) >= 11 is 1.38. The highest BCUT2D eigenvalue weighted by Crippen LogP contribution is 2.33. The van der Waals surface area contributed by atoms with Crippen LogP contribution < -0.4 is 10.1 Å². The molecule has 0 aliphatic carbocycles. The van der Waals surface area contributed by atoms with E-state index in [1.165, 1.54) is 29.5 Å². The van der Waals surface area contributed by atoms with E-state index in [1.54, 1.807) is 18.2 Å². The third-order valence-corrected chi connectivity index (χ3v) is 6.19. The first-order valence-corrected chi connectivity index (χ1v) is 11.9. The minimum absolute atomic E-state index is 0.0872. The van der Waals surface area contributed by atoms with E-state index in [4.69, 9.17) is 9.15 Å². The zero-order valence-corrected chi connectivity index (χ0v) is 20.1. The summed E-state index contributed by atoms with van der Waals surface area (Å²) in [6.07, 6.45) is 0.952. The topological polar surface area (TPSA) is 94.6 Å². The Labute approximate surface area is 207 Å². The molecular weight excluding hydrogens is 464 g/mol. The number of anilines is 1. The highest BCUT2D eigenvalue weighted by molar-refractivity contribution is 7.99. The fourth-order valence-corrected chi connectivity index (χ4v) is 4.22. The van der Waals surface area contributed by atoms with Crippen LogP contribution in [0.25, 0.3) is 0 Å². The minimum atomic E-state index is -0.504. The number of benzene rings is 3. The van der Waals surface area contributed by atoms with Crippen molar-refractivity contribution in [3.8, 4) is 5.75 Å². The standard InChI is InChI=1S/C27H24N2O5S/c1-3-19-6-8-22(9-7-19)33-17-23-10-13-26(34-23)27(30)28-20-14-21(29(31)32)16-25(15-20)35-24-11-4-18(2)5-12-24/h4-16H,3,17H2,1-2H3,(H,28,30). The number of nitrogens with one attached hydrogen (secondary N) is 1. The van der Waals surface area contributed by atoms with Crippen LogP contribution in [0.1, 0.15) is 34.4 Å². The number of hydrogen-bond donors (Lipinski definition) is 1. The Balaban J connectivity index is 1.43. The lowest BCUT2D eigenvalue weighted by molar-refractivity contribution is -0.385. The molecule has 4 rings (SSSR count). The quantitative estimate of drug-likeness (QED) is 0.201. The largest absolute Gasteiger partial charge is 0.486 e. The lowest BCUT2D eigenvalue weighted by atomic mass is 10.2. The molecule has 0 radical (unpaired) electrons. The molecule has 0 bridgehead atoms. The molecule has 1 heterocycles. The summed E-state index contributed by atoms with van der Waals surface area (Å²) in [5, 5.41) is 14.1. The molecule has 1 amide bonds. The number of nitro groups is 1. The van der Waals surface area contributed by atoms with Crippen LogP contribution in [0, 0.1) is 17.0 Å². The van der Waals surface area contributed by atoms with E-state index in [1.807, 2.05) is 55.5 Å². The van der Waals surface area contributed by atoms with Gasteiger partial charge in [-0.05, 0) is 61.4 Å². The second kappa shape index (κ2) is 10.9. The molecule has 0 spiro atoms. The first-order valence-electron chi connectivity index (χ1n) is 11.1. The summed E-state index contributed by atoms with van der Waals surface area (Å²) < 4.78 is 11.3. The number of non-ortho nitro benzene ring substituents is 1. The number of ether oxygens (including phenoxy) is 1. The maximum Gasteiger partial charge on any atom is 0.291 e. The third kappa shape index (κ3) is 6.51. The number of carbonyl (C=O) groups excluding carboxylic acids is 1. The van der Waals surface area contributed by atoms with Crippen molar-refractivity contribution < 1.29 is 18.9 Å². The average molecular weight is 489 g/mol. The van der Waals surface area contributed by atoms with Gasteiger partial charge in [-0.25, -0.2) is 0 Å². The van der Waals surface area contributed by atoms with Crippen molar-refractivity contribution in [2.75, 3.05) is 5.32 Å². The molecule has 0 fully saturated rings. The van der Waals surface area contributed by atoms with Crippen LogP contribution in [0.2, 0.25) is 0 Å². The Kier molecular flexibility index (Phi) is 7.52. The predicted molar refractivity (Wildman–Crippen MR) is 135 cm³/mol. The van der Waals surface area contributed by atoms with Crippen molar-refractivity contribution in [1.29, 1.82) is 0 Å². The highest BCUT2D eigenvalue weighted by Gasteiger charge is 2.16. The molecule has 3 aromatic carbocycles. The lowest BCUT2D eigenvalue weighted by Crippen LogP contribution is -2.11. The second-order valence-corrected chi connectivity index (χ2v) is 9.04. The molecule has 178 valence electrons. The number of hydrogen-bond acceptors (Lipinski definition) is 6. The Morgan fingerprint density at radius 3 is 2.43 bits per heavy atom. The van der Waals surface area contributed by atoms with Gasteiger partial charge < -0.3 is 14.5 Å². The summed E-state index contributed by atoms with van der Waals surface area (Å²) in [4.78, 5) is 25.3. The molecule has 7 nitrogen and oxygen atoms in total. The maximum atomic E-state index is 12.7. The van der Waals surface area contributed by atoms with Gasteiger partial charge in [0.2, 0.25) is 0 Å². The second-order valence-electron chi connectivity index (χ2n) is 7.89. The molecule has 1 aromatic heterocycles.